The molecule has 0 unspecified atom stereocenters. The van der Waals surface area contributed by atoms with Crippen LogP contribution in [0.3, 0.4) is 0 Å². The van der Waals surface area contributed by atoms with Crippen LogP contribution in [0.1, 0.15) is 29.9 Å². The third kappa shape index (κ3) is 4.69. The number of carbonyl (C=O) groups excluding carboxylic acids is 1. The van der Waals surface area contributed by atoms with Crippen molar-refractivity contribution in [1.82, 2.24) is 24.8 Å². The van der Waals surface area contributed by atoms with E-state index >= 15 is 0 Å². The molecular formula is C23H26ClFN6O3. The number of hydrogen-bond donors (Lipinski definition) is 2. The minimum atomic E-state index is -0.639. The monoisotopic (exact) mass is 488 g/mol. The van der Waals surface area contributed by atoms with Crippen LogP contribution in [0.15, 0.2) is 33.9 Å². The summed E-state index contributed by atoms with van der Waals surface area (Å²) in [5, 5.41) is 2.87. The molecule has 0 bridgehead atoms. The SMILES string of the molecule is CCNC(=O)c1ccc(N2CCN(Cc3cc(F)c4c(=O)n(CC)c(=O)[nH]c4c3)CC2)c(Cl)n1. The Morgan fingerprint density at radius 2 is 1.91 bits per heavy atom. The molecule has 9 nitrogen and oxygen atoms in total. The normalized spacial score (nSPS) is 14.5. The summed E-state index contributed by atoms with van der Waals surface area (Å²) in [6, 6.07) is 6.47. The van der Waals surface area contributed by atoms with E-state index in [1.807, 2.05) is 6.92 Å². The topological polar surface area (TPSA) is 103 Å². The van der Waals surface area contributed by atoms with Gasteiger partial charge in [0, 0.05) is 45.8 Å². The van der Waals surface area contributed by atoms with Crippen LogP contribution in [0, 0.1) is 5.82 Å². The average molecular weight is 489 g/mol. The van der Waals surface area contributed by atoms with Gasteiger partial charge in [0.2, 0.25) is 0 Å². The van der Waals surface area contributed by atoms with Crippen molar-refractivity contribution in [1.29, 1.82) is 0 Å². The van der Waals surface area contributed by atoms with Crippen molar-refractivity contribution in [3.8, 4) is 0 Å². The molecule has 0 aliphatic carbocycles. The Morgan fingerprint density at radius 3 is 2.56 bits per heavy atom. The molecule has 1 amide bonds. The number of amides is 1. The molecule has 180 valence electrons. The number of pyridine rings is 1. The van der Waals surface area contributed by atoms with Crippen LogP contribution in [-0.4, -0.2) is 58.1 Å². The van der Waals surface area contributed by atoms with Gasteiger partial charge in [-0.2, -0.15) is 0 Å². The van der Waals surface area contributed by atoms with Gasteiger partial charge in [0.25, 0.3) is 11.5 Å². The lowest BCUT2D eigenvalue weighted by atomic mass is 10.1. The molecule has 1 aromatic carbocycles. The van der Waals surface area contributed by atoms with Gasteiger partial charge in [-0.05, 0) is 43.7 Å². The molecule has 2 aromatic heterocycles. The first-order valence-electron chi connectivity index (χ1n) is 11.2. The minimum absolute atomic E-state index is 0.103. The fraction of sp³-hybridized carbons (Fsp3) is 0.391. The molecule has 0 atom stereocenters. The standard InChI is InChI=1S/C23H26ClFN6O3/c1-3-26-21(32)16-5-6-18(20(24)27-16)30-9-7-29(8-10-30)13-14-11-15(25)19-17(12-14)28-23(34)31(4-2)22(19)33/h5-6,11-12H,3-4,7-10,13H2,1-2H3,(H,26,32)(H,28,34). The second-order valence-corrected chi connectivity index (χ2v) is 8.47. The number of nitrogens with zero attached hydrogens (tertiary/aromatic N) is 4. The van der Waals surface area contributed by atoms with Gasteiger partial charge in [0.15, 0.2) is 5.15 Å². The number of fused-ring (bicyclic) bond motifs is 1. The molecule has 1 fully saturated rings. The van der Waals surface area contributed by atoms with Crippen molar-refractivity contribution < 1.29 is 9.18 Å². The number of hydrogen-bond acceptors (Lipinski definition) is 6. The smallest absolute Gasteiger partial charge is 0.328 e. The van der Waals surface area contributed by atoms with Crippen LogP contribution >= 0.6 is 11.6 Å². The highest BCUT2D eigenvalue weighted by molar-refractivity contribution is 6.32. The molecule has 0 saturated carbocycles. The number of rotatable bonds is 6. The fourth-order valence-corrected chi connectivity index (χ4v) is 4.49. The molecule has 1 aliphatic heterocycles. The van der Waals surface area contributed by atoms with E-state index < -0.39 is 17.1 Å². The van der Waals surface area contributed by atoms with E-state index in [9.17, 15) is 18.8 Å². The van der Waals surface area contributed by atoms with Crippen molar-refractivity contribution in [3.63, 3.8) is 0 Å². The lowest BCUT2D eigenvalue weighted by molar-refractivity contribution is 0.0951. The number of benzene rings is 1. The van der Waals surface area contributed by atoms with Crippen LogP contribution in [0.25, 0.3) is 10.9 Å². The molecule has 0 radical (unpaired) electrons. The zero-order valence-corrected chi connectivity index (χ0v) is 19.8. The van der Waals surface area contributed by atoms with Crippen LogP contribution in [0.5, 0.6) is 0 Å². The largest absolute Gasteiger partial charge is 0.366 e. The second-order valence-electron chi connectivity index (χ2n) is 8.11. The van der Waals surface area contributed by atoms with Crippen LogP contribution in [0.2, 0.25) is 5.15 Å². The quantitative estimate of drug-likeness (QED) is 0.514. The average Bonchev–Trinajstić information content (AvgIpc) is 2.79. The van der Waals surface area contributed by atoms with E-state index in [0.717, 1.165) is 10.3 Å². The van der Waals surface area contributed by atoms with Gasteiger partial charge >= 0.3 is 5.69 Å². The molecule has 0 spiro atoms. The Hall–Kier alpha value is -3.24. The molecule has 3 heterocycles. The highest BCUT2D eigenvalue weighted by Gasteiger charge is 2.21. The number of anilines is 1. The Kier molecular flexibility index (Phi) is 6.99. The summed E-state index contributed by atoms with van der Waals surface area (Å²) < 4.78 is 15.7. The van der Waals surface area contributed by atoms with Gasteiger partial charge < -0.3 is 15.2 Å². The van der Waals surface area contributed by atoms with Gasteiger partial charge in [-0.25, -0.2) is 14.2 Å². The maximum atomic E-state index is 14.8. The van der Waals surface area contributed by atoms with E-state index in [1.165, 1.54) is 6.07 Å². The summed E-state index contributed by atoms with van der Waals surface area (Å²) in [5.41, 5.74) is 0.746. The summed E-state index contributed by atoms with van der Waals surface area (Å²) in [5.74, 6) is -0.905. The number of halogens is 2. The van der Waals surface area contributed by atoms with E-state index in [2.05, 4.69) is 25.1 Å². The van der Waals surface area contributed by atoms with Crippen LogP contribution < -0.4 is 21.5 Å². The van der Waals surface area contributed by atoms with Gasteiger partial charge in [-0.15, -0.1) is 0 Å². The molecule has 1 saturated heterocycles. The first kappa shape index (κ1) is 23.9. The molecular weight excluding hydrogens is 463 g/mol. The second kappa shape index (κ2) is 9.94. The number of carbonyl (C=O) groups is 1. The Balaban J connectivity index is 1.46. The number of piperazine rings is 1. The predicted molar refractivity (Wildman–Crippen MR) is 129 cm³/mol. The van der Waals surface area contributed by atoms with E-state index in [4.69, 9.17) is 11.6 Å². The van der Waals surface area contributed by atoms with E-state index in [-0.39, 0.29) is 34.2 Å². The lowest BCUT2D eigenvalue weighted by Crippen LogP contribution is -2.46. The first-order valence-corrected chi connectivity index (χ1v) is 11.6. The summed E-state index contributed by atoms with van der Waals surface area (Å²) in [7, 11) is 0. The third-order valence-corrected chi connectivity index (χ3v) is 6.21. The highest BCUT2D eigenvalue weighted by Crippen LogP contribution is 2.26. The van der Waals surface area contributed by atoms with Crippen molar-refractivity contribution in [2.24, 2.45) is 0 Å². The highest BCUT2D eigenvalue weighted by atomic mass is 35.5. The molecule has 34 heavy (non-hydrogen) atoms. The number of nitrogens with one attached hydrogen (secondary N) is 2. The van der Waals surface area contributed by atoms with E-state index in [0.29, 0.717) is 44.8 Å². The van der Waals surface area contributed by atoms with Gasteiger partial charge in [0.1, 0.15) is 11.5 Å². The molecule has 4 rings (SSSR count). The Bertz CT molecular complexity index is 1350. The molecule has 2 N–H and O–H groups in total. The van der Waals surface area contributed by atoms with Crippen molar-refractivity contribution in [3.05, 3.63) is 67.3 Å². The molecule has 11 heteroatoms. The lowest BCUT2D eigenvalue weighted by Gasteiger charge is -2.36. The summed E-state index contributed by atoms with van der Waals surface area (Å²) in [6.07, 6.45) is 0. The van der Waals surface area contributed by atoms with Gasteiger partial charge in [-0.1, -0.05) is 11.6 Å². The minimum Gasteiger partial charge on any atom is -0.366 e. The van der Waals surface area contributed by atoms with Crippen LogP contribution in [0.4, 0.5) is 10.1 Å². The Labute approximate surface area is 200 Å². The number of aromatic amines is 1. The number of H-pyrrole nitrogens is 1. The fourth-order valence-electron chi connectivity index (χ4n) is 4.21. The predicted octanol–water partition coefficient (Wildman–Crippen LogP) is 1.97. The maximum absolute atomic E-state index is 14.8. The maximum Gasteiger partial charge on any atom is 0.328 e. The van der Waals surface area contributed by atoms with Crippen LogP contribution in [-0.2, 0) is 13.1 Å². The zero-order valence-electron chi connectivity index (χ0n) is 19.0. The number of aromatic nitrogens is 3. The molecule has 3 aromatic rings. The van der Waals surface area contributed by atoms with Gasteiger partial charge in [-0.3, -0.25) is 19.1 Å². The van der Waals surface area contributed by atoms with Crippen molar-refractivity contribution >= 4 is 34.1 Å². The Morgan fingerprint density at radius 1 is 1.18 bits per heavy atom. The first-order chi connectivity index (χ1) is 16.3. The molecule has 1 aliphatic rings. The zero-order chi connectivity index (χ0) is 24.4. The van der Waals surface area contributed by atoms with E-state index in [1.54, 1.807) is 25.1 Å². The summed E-state index contributed by atoms with van der Waals surface area (Å²) >= 11 is 6.35. The van der Waals surface area contributed by atoms with Gasteiger partial charge in [0.05, 0.1) is 16.6 Å². The summed E-state index contributed by atoms with van der Waals surface area (Å²) in [6.45, 7) is 7.40. The van der Waals surface area contributed by atoms with Crippen molar-refractivity contribution in [2.75, 3.05) is 37.6 Å². The van der Waals surface area contributed by atoms with Crippen molar-refractivity contribution in [2.45, 2.75) is 26.9 Å². The third-order valence-electron chi connectivity index (χ3n) is 5.93. The summed E-state index contributed by atoms with van der Waals surface area (Å²) in [4.78, 5) is 47.6.